The zero-order valence-corrected chi connectivity index (χ0v) is 27.1. The lowest BCUT2D eigenvalue weighted by Crippen LogP contribution is -2.10. The van der Waals surface area contributed by atoms with Crippen LogP contribution in [0.25, 0.3) is 66.6 Å². The van der Waals surface area contributed by atoms with Crippen LogP contribution in [0.2, 0.25) is 0 Å². The third kappa shape index (κ3) is 4.78. The topological polar surface area (TPSA) is 47.5 Å². The van der Waals surface area contributed by atoms with Gasteiger partial charge >= 0.3 is 0 Å². The molecule has 0 unspecified atom stereocenters. The molecule has 234 valence electrons. The van der Waals surface area contributed by atoms with Crippen LogP contribution >= 0.6 is 0 Å². The fourth-order valence-corrected chi connectivity index (χ4v) is 7.07. The van der Waals surface area contributed by atoms with Gasteiger partial charge in [-0.05, 0) is 77.9 Å². The normalized spacial score (nSPS) is 11.5. The van der Waals surface area contributed by atoms with Crippen molar-refractivity contribution < 1.29 is 9.47 Å². The van der Waals surface area contributed by atoms with Crippen LogP contribution in [0.4, 0.5) is 17.1 Å². The van der Waals surface area contributed by atoms with Crippen LogP contribution in [0.3, 0.4) is 0 Å². The van der Waals surface area contributed by atoms with Crippen LogP contribution in [-0.2, 0) is 0 Å². The van der Waals surface area contributed by atoms with Gasteiger partial charge in [0.15, 0.2) is 5.65 Å². The maximum Gasteiger partial charge on any atom is 0.160 e. The second kappa shape index (κ2) is 11.7. The van der Waals surface area contributed by atoms with E-state index < -0.39 is 0 Å². The third-order valence-electron chi connectivity index (χ3n) is 9.40. The lowest BCUT2D eigenvalue weighted by atomic mass is 9.97. The number of rotatable bonds is 7. The molecule has 0 bridgehead atoms. The molecule has 0 spiro atoms. The maximum absolute atomic E-state index is 5.49. The zero-order chi connectivity index (χ0) is 32.9. The van der Waals surface area contributed by atoms with E-state index in [9.17, 15) is 0 Å². The molecule has 1 aliphatic carbocycles. The first-order chi connectivity index (χ1) is 24.2. The van der Waals surface area contributed by atoms with E-state index in [-0.39, 0.29) is 0 Å². The van der Waals surface area contributed by atoms with E-state index in [0.717, 1.165) is 84.2 Å². The SMILES string of the molecule is COc1ccc(N(c2ccc(OC)cc2)c2ccc3c4c(cccc24)-c2nc4nc(-c5ccccc5)c(-c5ccccc5)cc4cc2-3)cc1. The highest BCUT2D eigenvalue weighted by atomic mass is 16.5. The highest BCUT2D eigenvalue weighted by Crippen LogP contribution is 2.51. The van der Waals surface area contributed by atoms with Gasteiger partial charge in [-0.15, -0.1) is 0 Å². The molecule has 5 nitrogen and oxygen atoms in total. The van der Waals surface area contributed by atoms with E-state index in [4.69, 9.17) is 19.4 Å². The summed E-state index contributed by atoms with van der Waals surface area (Å²) in [5.74, 6) is 1.62. The van der Waals surface area contributed by atoms with Crippen molar-refractivity contribution in [2.75, 3.05) is 19.1 Å². The van der Waals surface area contributed by atoms with Crippen LogP contribution in [0.1, 0.15) is 0 Å². The molecule has 0 fully saturated rings. The van der Waals surface area contributed by atoms with Gasteiger partial charge in [-0.25, -0.2) is 9.97 Å². The standard InChI is InChI=1S/C44H31N3O2/c1-48-33-20-16-31(17-21-33)47(32-18-22-34(49-2)23-19-32)40-25-24-35-39-27-30-26-38(28-10-5-3-6-11-28)42(29-12-7-4-8-13-29)45-44(30)46-43(39)37-15-9-14-36(40)41(35)37/h3-27H,1-2H3. The van der Waals surface area contributed by atoms with Crippen molar-refractivity contribution in [3.05, 3.63) is 152 Å². The van der Waals surface area contributed by atoms with Gasteiger partial charge in [-0.1, -0.05) is 84.9 Å². The van der Waals surface area contributed by atoms with Crippen LogP contribution in [0, 0.1) is 0 Å². The third-order valence-corrected chi connectivity index (χ3v) is 9.40. The molecule has 1 aliphatic rings. The summed E-state index contributed by atoms with van der Waals surface area (Å²) in [6.07, 6.45) is 0. The highest BCUT2D eigenvalue weighted by Gasteiger charge is 2.27. The molecule has 0 radical (unpaired) electrons. The molecule has 6 aromatic carbocycles. The molecule has 2 heterocycles. The van der Waals surface area contributed by atoms with Crippen LogP contribution < -0.4 is 14.4 Å². The van der Waals surface area contributed by atoms with E-state index in [1.807, 2.05) is 36.4 Å². The first kappa shape index (κ1) is 28.7. The number of hydrogen-bond acceptors (Lipinski definition) is 5. The Labute approximate surface area is 284 Å². The fraction of sp³-hybridized carbons (Fsp3) is 0.0455. The summed E-state index contributed by atoms with van der Waals surface area (Å²) in [6, 6.07) is 52.7. The first-order valence-electron chi connectivity index (χ1n) is 16.3. The summed E-state index contributed by atoms with van der Waals surface area (Å²) < 4.78 is 11.0. The average molecular weight is 634 g/mol. The van der Waals surface area contributed by atoms with Gasteiger partial charge in [0.2, 0.25) is 0 Å². The minimum absolute atomic E-state index is 0.736. The number of ether oxygens (including phenoxy) is 2. The largest absolute Gasteiger partial charge is 0.497 e. The maximum atomic E-state index is 5.49. The Hall–Kier alpha value is -6.46. The molecule has 9 rings (SSSR count). The number of hydrogen-bond donors (Lipinski definition) is 0. The number of benzene rings is 6. The molecule has 2 aromatic heterocycles. The molecule has 5 heteroatoms. The van der Waals surface area contributed by atoms with Gasteiger partial charge in [0.1, 0.15) is 11.5 Å². The molecular formula is C44H31N3O2. The fourth-order valence-electron chi connectivity index (χ4n) is 7.07. The van der Waals surface area contributed by atoms with E-state index in [2.05, 4.69) is 120 Å². The quantitative estimate of drug-likeness (QED) is 0.175. The first-order valence-corrected chi connectivity index (χ1v) is 16.3. The van der Waals surface area contributed by atoms with Crippen LogP contribution in [0.15, 0.2) is 152 Å². The monoisotopic (exact) mass is 633 g/mol. The Balaban J connectivity index is 1.25. The zero-order valence-electron chi connectivity index (χ0n) is 27.1. The van der Waals surface area contributed by atoms with Crippen molar-refractivity contribution in [1.29, 1.82) is 0 Å². The molecule has 0 saturated heterocycles. The Bertz CT molecular complexity index is 2360. The minimum Gasteiger partial charge on any atom is -0.497 e. The van der Waals surface area contributed by atoms with E-state index in [1.54, 1.807) is 14.2 Å². The number of aromatic nitrogens is 2. The average Bonchev–Trinajstić information content (AvgIpc) is 3.48. The van der Waals surface area contributed by atoms with Gasteiger partial charge in [-0.2, -0.15) is 0 Å². The van der Waals surface area contributed by atoms with Gasteiger partial charge in [0.25, 0.3) is 0 Å². The predicted molar refractivity (Wildman–Crippen MR) is 200 cm³/mol. The van der Waals surface area contributed by atoms with E-state index in [0.29, 0.717) is 0 Å². The second-order valence-electron chi connectivity index (χ2n) is 12.1. The predicted octanol–water partition coefficient (Wildman–Crippen LogP) is 11.3. The Morgan fingerprint density at radius 3 is 1.69 bits per heavy atom. The number of nitrogens with zero attached hydrogens (tertiary/aromatic N) is 3. The van der Waals surface area contributed by atoms with E-state index in [1.165, 1.54) is 10.9 Å². The number of fused-ring (bicyclic) bond motifs is 4. The summed E-state index contributed by atoms with van der Waals surface area (Å²) >= 11 is 0. The molecule has 0 aliphatic heterocycles. The Morgan fingerprint density at radius 1 is 0.469 bits per heavy atom. The van der Waals surface area contributed by atoms with Crippen molar-refractivity contribution >= 4 is 38.9 Å². The van der Waals surface area contributed by atoms with Crippen LogP contribution in [0.5, 0.6) is 11.5 Å². The van der Waals surface area contributed by atoms with Crippen LogP contribution in [-0.4, -0.2) is 24.2 Å². The second-order valence-corrected chi connectivity index (χ2v) is 12.1. The lowest BCUT2D eigenvalue weighted by molar-refractivity contribution is 0.415. The van der Waals surface area contributed by atoms with Crippen molar-refractivity contribution in [1.82, 2.24) is 9.97 Å². The van der Waals surface area contributed by atoms with Gasteiger partial charge < -0.3 is 14.4 Å². The molecule has 0 saturated carbocycles. The summed E-state index contributed by atoms with van der Waals surface area (Å²) in [5, 5.41) is 3.35. The molecule has 0 atom stereocenters. The highest BCUT2D eigenvalue weighted by molar-refractivity contribution is 6.19. The summed E-state index contributed by atoms with van der Waals surface area (Å²) in [6.45, 7) is 0. The van der Waals surface area contributed by atoms with Gasteiger partial charge in [-0.3, -0.25) is 0 Å². The number of pyridine rings is 2. The Kier molecular flexibility index (Phi) is 6.83. The molecule has 8 aromatic rings. The van der Waals surface area contributed by atoms with Gasteiger partial charge in [0, 0.05) is 49.8 Å². The molecule has 49 heavy (non-hydrogen) atoms. The number of anilines is 3. The Morgan fingerprint density at radius 2 is 1.06 bits per heavy atom. The smallest absolute Gasteiger partial charge is 0.160 e. The van der Waals surface area contributed by atoms with Gasteiger partial charge in [0.05, 0.1) is 31.3 Å². The van der Waals surface area contributed by atoms with Crippen molar-refractivity contribution in [3.8, 4) is 56.3 Å². The summed E-state index contributed by atoms with van der Waals surface area (Å²) in [4.78, 5) is 12.8. The molecular weight excluding hydrogens is 603 g/mol. The van der Waals surface area contributed by atoms with Crippen molar-refractivity contribution in [2.45, 2.75) is 0 Å². The van der Waals surface area contributed by atoms with Crippen molar-refractivity contribution in [2.24, 2.45) is 0 Å². The van der Waals surface area contributed by atoms with Crippen molar-refractivity contribution in [3.63, 3.8) is 0 Å². The summed E-state index contributed by atoms with van der Waals surface area (Å²) in [7, 11) is 3.38. The van der Waals surface area contributed by atoms with E-state index >= 15 is 0 Å². The molecule has 0 N–H and O–H groups in total. The summed E-state index contributed by atoms with van der Waals surface area (Å²) in [5.41, 5.74) is 12.5. The number of methoxy groups -OCH3 is 2. The lowest BCUT2D eigenvalue weighted by Gasteiger charge is -2.27. The molecule has 0 amide bonds. The minimum atomic E-state index is 0.736.